The quantitative estimate of drug-likeness (QED) is 0.822. The molecule has 1 aromatic rings. The molecule has 1 aliphatic heterocycles. The summed E-state index contributed by atoms with van der Waals surface area (Å²) in [7, 11) is 0. The second kappa shape index (κ2) is 5.25. The van der Waals surface area contributed by atoms with Gasteiger partial charge in [-0.25, -0.2) is 0 Å². The van der Waals surface area contributed by atoms with Gasteiger partial charge in [0.25, 0.3) is 0 Å². The molecular formula is C15H20Cl2NO+. The summed E-state index contributed by atoms with van der Waals surface area (Å²) in [6, 6.07) is 5.87. The molecule has 0 spiro atoms. The minimum absolute atomic E-state index is 0.195. The number of quaternary nitrogens is 1. The highest BCUT2D eigenvalue weighted by Gasteiger charge is 2.49. The van der Waals surface area contributed by atoms with Crippen LogP contribution in [-0.2, 0) is 0 Å². The average Bonchev–Trinajstić information content (AvgIpc) is 2.38. The molecule has 3 atom stereocenters. The van der Waals surface area contributed by atoms with E-state index < -0.39 is 5.60 Å². The molecule has 0 radical (unpaired) electrons. The van der Waals surface area contributed by atoms with Crippen LogP contribution in [0.5, 0.6) is 0 Å². The minimum Gasteiger partial charge on any atom is -0.389 e. The van der Waals surface area contributed by atoms with Crippen molar-refractivity contribution < 1.29 is 10.4 Å². The van der Waals surface area contributed by atoms with Gasteiger partial charge in [0.15, 0.2) is 0 Å². The predicted octanol–water partition coefficient (Wildman–Crippen LogP) is 2.92. The molecular weight excluding hydrogens is 281 g/mol. The van der Waals surface area contributed by atoms with E-state index in [4.69, 9.17) is 23.2 Å². The van der Waals surface area contributed by atoms with Crippen LogP contribution < -0.4 is 5.32 Å². The molecule has 0 aromatic heterocycles. The van der Waals surface area contributed by atoms with Crippen molar-refractivity contribution in [2.24, 2.45) is 5.92 Å². The van der Waals surface area contributed by atoms with Crippen LogP contribution in [0.1, 0.15) is 43.7 Å². The Morgan fingerprint density at radius 1 is 1.16 bits per heavy atom. The Bertz CT molecular complexity index is 455. The Kier molecular flexibility index (Phi) is 3.78. The van der Waals surface area contributed by atoms with Gasteiger partial charge in [-0.05, 0) is 25.0 Å². The molecule has 1 saturated carbocycles. The molecule has 3 rings (SSSR count). The van der Waals surface area contributed by atoms with E-state index in [1.807, 2.05) is 18.2 Å². The molecule has 2 aliphatic rings. The molecule has 1 heterocycles. The second-order valence-corrected chi connectivity index (χ2v) is 6.71. The van der Waals surface area contributed by atoms with Gasteiger partial charge >= 0.3 is 0 Å². The van der Waals surface area contributed by atoms with Gasteiger partial charge in [-0.2, -0.15) is 0 Å². The standard InChI is InChI=1S/C15H19Cl2NO/c16-11-5-3-6-12(17)13(11)14-10-4-1-2-7-15(10,19)8-9-18-14/h3,5-6,10,14,18-19H,1-2,4,7-9H2/p+1/t10-,14-,15-/m0/s1. The van der Waals surface area contributed by atoms with Crippen molar-refractivity contribution in [3.63, 3.8) is 0 Å². The van der Waals surface area contributed by atoms with E-state index >= 15 is 0 Å². The van der Waals surface area contributed by atoms with Gasteiger partial charge in [0.2, 0.25) is 0 Å². The van der Waals surface area contributed by atoms with Gasteiger partial charge < -0.3 is 10.4 Å². The first-order valence-electron chi connectivity index (χ1n) is 7.11. The van der Waals surface area contributed by atoms with Crippen LogP contribution in [-0.4, -0.2) is 17.3 Å². The van der Waals surface area contributed by atoms with Crippen molar-refractivity contribution in [1.82, 2.24) is 0 Å². The minimum atomic E-state index is -0.514. The number of hydrogen-bond donors (Lipinski definition) is 2. The highest BCUT2D eigenvalue weighted by molar-refractivity contribution is 6.36. The summed E-state index contributed by atoms with van der Waals surface area (Å²) >= 11 is 12.7. The van der Waals surface area contributed by atoms with Crippen LogP contribution in [0.15, 0.2) is 18.2 Å². The topological polar surface area (TPSA) is 36.8 Å². The number of benzene rings is 1. The molecule has 2 nitrogen and oxygen atoms in total. The fraction of sp³-hybridized carbons (Fsp3) is 0.600. The van der Waals surface area contributed by atoms with Gasteiger partial charge in [0.1, 0.15) is 6.04 Å². The third-order valence-electron chi connectivity index (χ3n) is 4.83. The predicted molar refractivity (Wildman–Crippen MR) is 77.5 cm³/mol. The molecule has 19 heavy (non-hydrogen) atoms. The van der Waals surface area contributed by atoms with Crippen LogP contribution in [0.3, 0.4) is 0 Å². The van der Waals surface area contributed by atoms with Crippen molar-refractivity contribution >= 4 is 23.2 Å². The molecule has 1 aromatic carbocycles. The van der Waals surface area contributed by atoms with Crippen molar-refractivity contribution in [2.75, 3.05) is 6.54 Å². The van der Waals surface area contributed by atoms with Crippen molar-refractivity contribution in [3.8, 4) is 0 Å². The lowest BCUT2D eigenvalue weighted by Crippen LogP contribution is -2.91. The fourth-order valence-electron chi connectivity index (χ4n) is 3.90. The van der Waals surface area contributed by atoms with E-state index in [9.17, 15) is 5.11 Å². The largest absolute Gasteiger partial charge is 0.389 e. The van der Waals surface area contributed by atoms with Crippen LogP contribution >= 0.6 is 23.2 Å². The zero-order valence-corrected chi connectivity index (χ0v) is 12.4. The van der Waals surface area contributed by atoms with Crippen molar-refractivity contribution in [2.45, 2.75) is 43.7 Å². The third-order valence-corrected chi connectivity index (χ3v) is 5.49. The van der Waals surface area contributed by atoms with E-state index in [1.165, 1.54) is 6.42 Å². The maximum Gasteiger partial charge on any atom is 0.120 e. The Morgan fingerprint density at radius 2 is 1.89 bits per heavy atom. The van der Waals surface area contributed by atoms with Gasteiger partial charge in [-0.1, -0.05) is 42.1 Å². The number of hydrogen-bond acceptors (Lipinski definition) is 1. The molecule has 2 fully saturated rings. The molecule has 0 unspecified atom stereocenters. The second-order valence-electron chi connectivity index (χ2n) is 5.89. The maximum atomic E-state index is 10.9. The summed E-state index contributed by atoms with van der Waals surface area (Å²) in [6.07, 6.45) is 5.20. The fourth-order valence-corrected chi connectivity index (χ4v) is 4.55. The van der Waals surface area contributed by atoms with E-state index in [2.05, 4.69) is 5.32 Å². The normalized spacial score (nSPS) is 34.9. The zero-order valence-electron chi connectivity index (χ0n) is 10.9. The molecule has 4 heteroatoms. The SMILES string of the molecule is O[C@]12CCCC[C@H]1[C@@H](c1c(Cl)cccc1Cl)[NH2+]CC2. The van der Waals surface area contributed by atoms with Gasteiger partial charge in [-0.15, -0.1) is 0 Å². The van der Waals surface area contributed by atoms with E-state index in [1.54, 1.807) is 0 Å². The molecule has 0 amide bonds. The Balaban J connectivity index is 1.99. The van der Waals surface area contributed by atoms with Crippen LogP contribution in [0.2, 0.25) is 10.0 Å². The highest BCUT2D eigenvalue weighted by atomic mass is 35.5. The Morgan fingerprint density at radius 3 is 2.63 bits per heavy atom. The van der Waals surface area contributed by atoms with Gasteiger partial charge in [-0.3, -0.25) is 0 Å². The van der Waals surface area contributed by atoms with Crippen LogP contribution in [0.4, 0.5) is 0 Å². The molecule has 0 bridgehead atoms. The van der Waals surface area contributed by atoms with Crippen molar-refractivity contribution in [3.05, 3.63) is 33.8 Å². The molecule has 1 aliphatic carbocycles. The Hall–Kier alpha value is -0.280. The monoisotopic (exact) mass is 300 g/mol. The zero-order chi connectivity index (χ0) is 13.5. The lowest BCUT2D eigenvalue weighted by atomic mass is 9.67. The van der Waals surface area contributed by atoms with E-state index in [0.29, 0.717) is 0 Å². The summed E-state index contributed by atoms with van der Waals surface area (Å²) in [5, 5.41) is 14.7. The Labute approximate surface area is 124 Å². The first kappa shape index (κ1) is 13.7. The summed E-state index contributed by atoms with van der Waals surface area (Å²) in [5.74, 6) is 0.271. The maximum absolute atomic E-state index is 10.9. The summed E-state index contributed by atoms with van der Waals surface area (Å²) in [5.41, 5.74) is 0.496. The first-order chi connectivity index (χ1) is 9.12. The van der Waals surface area contributed by atoms with Crippen LogP contribution in [0, 0.1) is 5.92 Å². The lowest BCUT2D eigenvalue weighted by Gasteiger charge is -2.46. The number of halogens is 2. The van der Waals surface area contributed by atoms with E-state index in [-0.39, 0.29) is 12.0 Å². The third kappa shape index (κ3) is 2.40. The van der Waals surface area contributed by atoms with E-state index in [0.717, 1.165) is 47.8 Å². The smallest absolute Gasteiger partial charge is 0.120 e. The number of rotatable bonds is 1. The molecule has 104 valence electrons. The first-order valence-corrected chi connectivity index (χ1v) is 7.87. The number of nitrogens with two attached hydrogens (primary N) is 1. The summed E-state index contributed by atoms with van der Waals surface area (Å²) in [6.45, 7) is 0.944. The van der Waals surface area contributed by atoms with Crippen LogP contribution in [0.25, 0.3) is 0 Å². The molecule has 1 saturated heterocycles. The number of fused-ring (bicyclic) bond motifs is 1. The average molecular weight is 301 g/mol. The molecule has 3 N–H and O–H groups in total. The summed E-state index contributed by atoms with van der Waals surface area (Å²) in [4.78, 5) is 0. The van der Waals surface area contributed by atoms with Gasteiger partial charge in [0.05, 0.1) is 22.2 Å². The van der Waals surface area contributed by atoms with Gasteiger partial charge in [0, 0.05) is 17.9 Å². The summed E-state index contributed by atoms with van der Waals surface area (Å²) < 4.78 is 0. The van der Waals surface area contributed by atoms with Crippen molar-refractivity contribution in [1.29, 1.82) is 0 Å². The highest BCUT2D eigenvalue weighted by Crippen LogP contribution is 2.45. The lowest BCUT2D eigenvalue weighted by molar-refractivity contribution is -0.719. The number of aliphatic hydroxyl groups is 1. The number of piperidine rings is 1.